The summed E-state index contributed by atoms with van der Waals surface area (Å²) >= 11 is 2.08. The predicted octanol–water partition coefficient (Wildman–Crippen LogP) is 5.64. The molecule has 0 unspecified atom stereocenters. The number of nitro groups is 1. The number of halogens is 1. The van der Waals surface area contributed by atoms with Crippen LogP contribution in [0.1, 0.15) is 38.7 Å². The summed E-state index contributed by atoms with van der Waals surface area (Å²) in [5.41, 5.74) is 4.36. The van der Waals surface area contributed by atoms with Crippen LogP contribution in [0.3, 0.4) is 0 Å². The Morgan fingerprint density at radius 1 is 1.26 bits per heavy atom. The Hall–Kier alpha value is -3.25. The van der Waals surface area contributed by atoms with Gasteiger partial charge >= 0.3 is 0 Å². The Balaban J connectivity index is 1.32. The standard InChI is InChI=1S/C29H29IN2O7/c1-15(9-17-11-22(30)27(33)24(12-17)38-3)7-8-23-25-16(2)10-20-26(21(25)14-39-23)29(35)31(28(20)34)18-5-4-6-19(13-18)32(36)37/h4-6,9,11-13,20-21,23,26,33H,7-8,10,14H2,1-3H3/b15-9+/t20-,21+,23-,26-/m1/s1. The van der Waals surface area contributed by atoms with Crippen LogP contribution in [0.25, 0.3) is 6.08 Å². The van der Waals surface area contributed by atoms with Crippen molar-refractivity contribution >= 4 is 51.9 Å². The molecule has 2 heterocycles. The van der Waals surface area contributed by atoms with E-state index in [-0.39, 0.29) is 41.0 Å². The molecule has 0 saturated carbocycles. The minimum Gasteiger partial charge on any atom is -0.504 e. The first-order chi connectivity index (χ1) is 18.6. The number of ether oxygens (including phenoxy) is 2. The molecule has 0 bridgehead atoms. The summed E-state index contributed by atoms with van der Waals surface area (Å²) in [5.74, 6) is -1.25. The second-order valence-corrected chi connectivity index (χ2v) is 11.5. The van der Waals surface area contributed by atoms with Crippen molar-refractivity contribution in [3.8, 4) is 11.5 Å². The third-order valence-corrected chi connectivity index (χ3v) is 8.76. The fourth-order valence-electron chi connectivity index (χ4n) is 6.18. The average Bonchev–Trinajstić information content (AvgIpc) is 3.43. The molecule has 2 fully saturated rings. The van der Waals surface area contributed by atoms with Crippen molar-refractivity contribution < 1.29 is 29.1 Å². The zero-order valence-electron chi connectivity index (χ0n) is 21.8. The van der Waals surface area contributed by atoms with E-state index in [4.69, 9.17) is 9.47 Å². The molecule has 2 aliphatic heterocycles. The molecule has 2 aromatic rings. The number of aromatic hydroxyl groups is 1. The van der Waals surface area contributed by atoms with Gasteiger partial charge in [0.15, 0.2) is 11.5 Å². The number of hydrogen-bond donors (Lipinski definition) is 1. The van der Waals surface area contributed by atoms with Gasteiger partial charge in [0.25, 0.3) is 5.69 Å². The molecule has 1 N–H and O–H groups in total. The SMILES string of the molecule is COc1cc(/C=C(\C)CC[C@H]2OC[C@H]3C2=C(C)C[C@H]2C(=O)N(c4cccc([N+](=O)[O-])c4)C(=O)[C@H]23)cc(I)c1O. The highest BCUT2D eigenvalue weighted by molar-refractivity contribution is 14.1. The lowest BCUT2D eigenvalue weighted by Gasteiger charge is -2.30. The van der Waals surface area contributed by atoms with Crippen LogP contribution in [0.2, 0.25) is 0 Å². The molecular formula is C29H29IN2O7. The molecule has 2 aromatic carbocycles. The number of nitrogens with zero attached hydrogens (tertiary/aromatic N) is 2. The van der Waals surface area contributed by atoms with Gasteiger partial charge in [-0.1, -0.05) is 23.3 Å². The Labute approximate surface area is 239 Å². The minimum atomic E-state index is -0.532. The second-order valence-electron chi connectivity index (χ2n) is 10.4. The molecule has 204 valence electrons. The highest BCUT2D eigenvalue weighted by atomic mass is 127. The Kier molecular flexibility index (Phi) is 7.51. The van der Waals surface area contributed by atoms with Gasteiger partial charge in [0.2, 0.25) is 11.8 Å². The van der Waals surface area contributed by atoms with Crippen LogP contribution in [0.4, 0.5) is 11.4 Å². The van der Waals surface area contributed by atoms with Crippen LogP contribution < -0.4 is 9.64 Å². The van der Waals surface area contributed by atoms with E-state index >= 15 is 0 Å². The number of carbonyl (C=O) groups is 2. The molecule has 9 nitrogen and oxygen atoms in total. The fourth-order valence-corrected chi connectivity index (χ4v) is 6.80. The molecule has 0 aromatic heterocycles. The molecule has 1 aliphatic carbocycles. The number of amides is 2. The van der Waals surface area contributed by atoms with E-state index in [0.29, 0.717) is 22.3 Å². The largest absolute Gasteiger partial charge is 0.504 e. The molecule has 2 amide bonds. The van der Waals surface area contributed by atoms with Crippen molar-refractivity contribution in [1.82, 2.24) is 0 Å². The maximum Gasteiger partial charge on any atom is 0.271 e. The molecule has 4 atom stereocenters. The van der Waals surface area contributed by atoms with Crippen LogP contribution in [0.5, 0.6) is 11.5 Å². The van der Waals surface area contributed by atoms with Crippen LogP contribution in [-0.4, -0.2) is 41.7 Å². The third-order valence-electron chi connectivity index (χ3n) is 7.94. The van der Waals surface area contributed by atoms with Crippen molar-refractivity contribution in [2.75, 3.05) is 18.6 Å². The van der Waals surface area contributed by atoms with E-state index in [1.54, 1.807) is 12.1 Å². The van der Waals surface area contributed by atoms with Crippen molar-refractivity contribution in [1.29, 1.82) is 0 Å². The summed E-state index contributed by atoms with van der Waals surface area (Å²) < 4.78 is 12.2. The van der Waals surface area contributed by atoms with E-state index in [2.05, 4.69) is 28.7 Å². The number of methoxy groups -OCH3 is 1. The Bertz CT molecular complexity index is 1430. The number of nitro benzene ring substituents is 1. The number of hydrogen-bond acceptors (Lipinski definition) is 7. The molecule has 0 spiro atoms. The first-order valence-electron chi connectivity index (χ1n) is 12.8. The van der Waals surface area contributed by atoms with Gasteiger partial charge in [0.1, 0.15) is 0 Å². The molecule has 39 heavy (non-hydrogen) atoms. The Morgan fingerprint density at radius 2 is 2.03 bits per heavy atom. The van der Waals surface area contributed by atoms with Crippen molar-refractivity contribution in [3.63, 3.8) is 0 Å². The number of fused-ring (bicyclic) bond motifs is 3. The second kappa shape index (κ2) is 10.7. The highest BCUT2D eigenvalue weighted by Gasteiger charge is 2.56. The van der Waals surface area contributed by atoms with E-state index in [1.807, 2.05) is 19.9 Å². The normalized spacial score (nSPS) is 24.7. The summed E-state index contributed by atoms with van der Waals surface area (Å²) in [5, 5.41) is 21.4. The number of anilines is 1. The van der Waals surface area contributed by atoms with Gasteiger partial charge in [0, 0.05) is 18.1 Å². The molecule has 3 aliphatic rings. The van der Waals surface area contributed by atoms with Crippen LogP contribution in [0, 0.1) is 31.4 Å². The zero-order valence-corrected chi connectivity index (χ0v) is 24.0. The number of carbonyl (C=O) groups excluding carboxylic acids is 2. The number of imide groups is 1. The molecule has 5 rings (SSSR count). The quantitative estimate of drug-likeness (QED) is 0.136. The molecule has 10 heteroatoms. The van der Waals surface area contributed by atoms with Gasteiger partial charge in [0.05, 0.1) is 45.8 Å². The van der Waals surface area contributed by atoms with Crippen molar-refractivity contribution in [3.05, 3.63) is 72.4 Å². The molecular weight excluding hydrogens is 615 g/mol. The van der Waals surface area contributed by atoms with E-state index in [0.717, 1.165) is 40.0 Å². The number of benzene rings is 2. The lowest BCUT2D eigenvalue weighted by Crippen LogP contribution is -2.34. The maximum absolute atomic E-state index is 13.6. The number of phenols is 1. The van der Waals surface area contributed by atoms with E-state index in [9.17, 15) is 24.8 Å². The number of rotatable bonds is 7. The van der Waals surface area contributed by atoms with Crippen molar-refractivity contribution in [2.24, 2.45) is 17.8 Å². The topological polar surface area (TPSA) is 119 Å². The van der Waals surface area contributed by atoms with Gasteiger partial charge in [-0.2, -0.15) is 0 Å². The van der Waals surface area contributed by atoms with E-state index < -0.39 is 16.8 Å². The average molecular weight is 644 g/mol. The zero-order chi connectivity index (χ0) is 28.0. The number of non-ortho nitro benzene ring substituents is 1. The summed E-state index contributed by atoms with van der Waals surface area (Å²) in [6.07, 6.45) is 3.92. The first kappa shape index (κ1) is 27.3. The van der Waals surface area contributed by atoms with Crippen LogP contribution >= 0.6 is 22.6 Å². The highest BCUT2D eigenvalue weighted by Crippen LogP contribution is 2.50. The van der Waals surface area contributed by atoms with Crippen LogP contribution in [-0.2, 0) is 14.3 Å². The van der Waals surface area contributed by atoms with Gasteiger partial charge in [-0.15, -0.1) is 0 Å². The smallest absolute Gasteiger partial charge is 0.271 e. The summed E-state index contributed by atoms with van der Waals surface area (Å²) in [6.45, 7) is 4.44. The van der Waals surface area contributed by atoms with Gasteiger partial charge in [-0.25, -0.2) is 4.90 Å². The molecule has 2 saturated heterocycles. The van der Waals surface area contributed by atoms with Crippen molar-refractivity contribution in [2.45, 2.75) is 39.2 Å². The lowest BCUT2D eigenvalue weighted by atomic mass is 9.70. The molecule has 0 radical (unpaired) electrons. The lowest BCUT2D eigenvalue weighted by molar-refractivity contribution is -0.384. The maximum atomic E-state index is 13.6. The summed E-state index contributed by atoms with van der Waals surface area (Å²) in [4.78, 5) is 38.8. The van der Waals surface area contributed by atoms with Gasteiger partial charge < -0.3 is 14.6 Å². The first-order valence-corrected chi connectivity index (χ1v) is 13.9. The predicted molar refractivity (Wildman–Crippen MR) is 153 cm³/mol. The number of phenolic OH excluding ortho intramolecular Hbond substituents is 1. The monoisotopic (exact) mass is 644 g/mol. The van der Waals surface area contributed by atoms with E-state index in [1.165, 1.54) is 25.3 Å². The minimum absolute atomic E-state index is 0.125. The van der Waals surface area contributed by atoms with Crippen LogP contribution in [0.15, 0.2) is 53.1 Å². The third kappa shape index (κ3) is 4.95. The van der Waals surface area contributed by atoms with Gasteiger partial charge in [-0.3, -0.25) is 19.7 Å². The fraction of sp³-hybridized carbons (Fsp3) is 0.379. The summed E-state index contributed by atoms with van der Waals surface area (Å²) in [6, 6.07) is 9.37. The van der Waals surface area contributed by atoms with Gasteiger partial charge in [-0.05, 0) is 85.0 Å². The Morgan fingerprint density at radius 3 is 2.74 bits per heavy atom. The summed E-state index contributed by atoms with van der Waals surface area (Å²) in [7, 11) is 1.52. The number of allylic oxidation sites excluding steroid dienone is 2.